The number of unbranched alkanes of at least 4 members (excludes halogenated alkanes) is 1. The Hall–Kier alpha value is -1.30. The predicted octanol–water partition coefficient (Wildman–Crippen LogP) is 2.45. The fourth-order valence-electron chi connectivity index (χ4n) is 4.06. The van der Waals surface area contributed by atoms with Crippen LogP contribution in [0.3, 0.4) is 0 Å². The third-order valence-corrected chi connectivity index (χ3v) is 5.74. The molecule has 0 saturated carbocycles. The number of carbonyl (C=O) groups is 1. The normalized spacial score (nSPS) is 24.5. The van der Waals surface area contributed by atoms with Gasteiger partial charge < -0.3 is 20.4 Å². The Kier molecular flexibility index (Phi) is 9.39. The smallest absolute Gasteiger partial charge is 0.225 e. The van der Waals surface area contributed by atoms with Crippen LogP contribution in [0.4, 0.5) is 0 Å². The van der Waals surface area contributed by atoms with Crippen LogP contribution in [0, 0.1) is 5.92 Å². The molecule has 6 nitrogen and oxygen atoms in total. The van der Waals surface area contributed by atoms with Gasteiger partial charge in [0, 0.05) is 44.2 Å². The Balaban J connectivity index is 1.70. The van der Waals surface area contributed by atoms with E-state index in [1.807, 2.05) is 18.7 Å². The van der Waals surface area contributed by atoms with Gasteiger partial charge in [-0.05, 0) is 59.0 Å². The first kappa shape index (κ1) is 22.0. The number of hydrogen-bond donors (Lipinski definition) is 2. The van der Waals surface area contributed by atoms with Gasteiger partial charge in [0.15, 0.2) is 5.96 Å². The summed E-state index contributed by atoms with van der Waals surface area (Å²) in [4.78, 5) is 21.5. The Bertz CT molecular complexity index is 479. The number of piperidine rings is 1. The number of carbonyl (C=O) groups excluding carboxylic acids is 1. The molecule has 2 saturated heterocycles. The summed E-state index contributed by atoms with van der Waals surface area (Å²) in [6.45, 7) is 14.2. The molecule has 0 aromatic carbocycles. The number of amides is 1. The molecule has 6 heteroatoms. The molecule has 2 atom stereocenters. The molecule has 2 unspecified atom stereocenters. The van der Waals surface area contributed by atoms with Gasteiger partial charge in [-0.15, -0.1) is 0 Å². The fourth-order valence-corrected chi connectivity index (χ4v) is 4.06. The first-order valence-corrected chi connectivity index (χ1v) is 11.1. The molecule has 1 amide bonds. The van der Waals surface area contributed by atoms with Crippen molar-refractivity contribution >= 4 is 11.9 Å². The number of nitrogens with zero attached hydrogens (tertiary/aromatic N) is 3. The molecular formula is C21H41N5O. The molecule has 0 radical (unpaired) electrons. The summed E-state index contributed by atoms with van der Waals surface area (Å²) >= 11 is 0. The van der Waals surface area contributed by atoms with Crippen molar-refractivity contribution in [1.29, 1.82) is 0 Å². The van der Waals surface area contributed by atoms with Crippen LogP contribution < -0.4 is 10.6 Å². The highest BCUT2D eigenvalue weighted by Crippen LogP contribution is 2.16. The second-order valence-corrected chi connectivity index (χ2v) is 8.42. The summed E-state index contributed by atoms with van der Waals surface area (Å²) in [5, 5.41) is 6.87. The second kappa shape index (κ2) is 11.5. The molecule has 0 aliphatic carbocycles. The highest BCUT2D eigenvalue weighted by Gasteiger charge is 2.27. The van der Waals surface area contributed by atoms with E-state index in [2.05, 4.69) is 29.4 Å². The first-order chi connectivity index (χ1) is 13.0. The molecular weight excluding hydrogens is 338 g/mol. The lowest BCUT2D eigenvalue weighted by molar-refractivity contribution is -0.133. The standard InChI is InChI=1S/C21H41N5O/c1-5-22-21(24-19-11-15-26(16-19)20(27)17(2)3)23-12-7-9-14-25-13-8-6-10-18(25)4/h17-19H,5-16H2,1-4H3,(H2,22,23,24). The van der Waals surface area contributed by atoms with E-state index in [1.165, 1.54) is 38.8 Å². The van der Waals surface area contributed by atoms with Crippen molar-refractivity contribution in [2.45, 2.75) is 78.3 Å². The quantitative estimate of drug-likeness (QED) is 0.386. The zero-order chi connectivity index (χ0) is 19.6. The van der Waals surface area contributed by atoms with Gasteiger partial charge in [0.1, 0.15) is 0 Å². The largest absolute Gasteiger partial charge is 0.357 e. The molecule has 0 bridgehead atoms. The lowest BCUT2D eigenvalue weighted by atomic mass is 10.0. The summed E-state index contributed by atoms with van der Waals surface area (Å²) in [5.74, 6) is 1.23. The van der Waals surface area contributed by atoms with E-state index >= 15 is 0 Å². The van der Waals surface area contributed by atoms with E-state index in [1.54, 1.807) is 0 Å². The highest BCUT2D eigenvalue weighted by atomic mass is 16.2. The van der Waals surface area contributed by atoms with Gasteiger partial charge in [0.25, 0.3) is 0 Å². The van der Waals surface area contributed by atoms with Crippen molar-refractivity contribution in [3.05, 3.63) is 0 Å². The summed E-state index contributed by atoms with van der Waals surface area (Å²) in [6, 6.07) is 1.06. The van der Waals surface area contributed by atoms with Gasteiger partial charge in [0.2, 0.25) is 5.91 Å². The minimum atomic E-state index is 0.0771. The zero-order valence-corrected chi connectivity index (χ0v) is 18.0. The number of nitrogens with one attached hydrogen (secondary N) is 2. The van der Waals surface area contributed by atoms with Crippen molar-refractivity contribution < 1.29 is 4.79 Å². The van der Waals surface area contributed by atoms with Crippen molar-refractivity contribution in [2.24, 2.45) is 10.9 Å². The average Bonchev–Trinajstić information content (AvgIpc) is 3.10. The van der Waals surface area contributed by atoms with Gasteiger partial charge in [0.05, 0.1) is 0 Å². The molecule has 0 spiro atoms. The minimum absolute atomic E-state index is 0.0771. The van der Waals surface area contributed by atoms with Crippen LogP contribution in [-0.4, -0.2) is 73.0 Å². The molecule has 2 N–H and O–H groups in total. The maximum Gasteiger partial charge on any atom is 0.225 e. The van der Waals surface area contributed by atoms with Crippen LogP contribution in [0.5, 0.6) is 0 Å². The van der Waals surface area contributed by atoms with Gasteiger partial charge in [-0.1, -0.05) is 20.3 Å². The van der Waals surface area contributed by atoms with Crippen molar-refractivity contribution in [1.82, 2.24) is 20.4 Å². The maximum absolute atomic E-state index is 12.1. The number of rotatable bonds is 8. The Morgan fingerprint density at radius 2 is 2.00 bits per heavy atom. The summed E-state index contributed by atoms with van der Waals surface area (Å²) < 4.78 is 0. The Morgan fingerprint density at radius 3 is 2.70 bits per heavy atom. The van der Waals surface area contributed by atoms with Gasteiger partial charge in [-0.2, -0.15) is 0 Å². The van der Waals surface area contributed by atoms with Gasteiger partial charge in [-0.3, -0.25) is 9.79 Å². The third-order valence-electron chi connectivity index (χ3n) is 5.74. The van der Waals surface area contributed by atoms with E-state index < -0.39 is 0 Å². The lowest BCUT2D eigenvalue weighted by Gasteiger charge is -2.33. The molecule has 2 heterocycles. The molecule has 2 fully saturated rings. The molecule has 2 rings (SSSR count). The Morgan fingerprint density at radius 1 is 1.19 bits per heavy atom. The number of likely N-dealkylation sites (tertiary alicyclic amines) is 2. The number of hydrogen-bond acceptors (Lipinski definition) is 3. The molecule has 0 aromatic rings. The maximum atomic E-state index is 12.1. The molecule has 0 aromatic heterocycles. The number of aliphatic imine (C=N–C) groups is 1. The second-order valence-electron chi connectivity index (χ2n) is 8.42. The average molecular weight is 380 g/mol. The monoisotopic (exact) mass is 379 g/mol. The molecule has 2 aliphatic heterocycles. The van der Waals surface area contributed by atoms with E-state index in [0.717, 1.165) is 51.0 Å². The van der Waals surface area contributed by atoms with E-state index in [0.29, 0.717) is 6.04 Å². The SMILES string of the molecule is CCNC(=NCCCCN1CCCCC1C)NC1CCN(C(=O)C(C)C)C1. The highest BCUT2D eigenvalue weighted by molar-refractivity contribution is 5.81. The van der Waals surface area contributed by atoms with Crippen molar-refractivity contribution in [3.63, 3.8) is 0 Å². The summed E-state index contributed by atoms with van der Waals surface area (Å²) in [7, 11) is 0. The van der Waals surface area contributed by atoms with Crippen LogP contribution >= 0.6 is 0 Å². The Labute approximate surface area is 166 Å². The number of guanidine groups is 1. The van der Waals surface area contributed by atoms with Gasteiger partial charge in [-0.25, -0.2) is 0 Å². The topological polar surface area (TPSA) is 60.0 Å². The third kappa shape index (κ3) is 7.32. The minimum Gasteiger partial charge on any atom is -0.357 e. The van der Waals surface area contributed by atoms with E-state index in [-0.39, 0.29) is 11.8 Å². The predicted molar refractivity (Wildman–Crippen MR) is 113 cm³/mol. The van der Waals surface area contributed by atoms with Crippen LogP contribution in [-0.2, 0) is 4.79 Å². The van der Waals surface area contributed by atoms with E-state index in [9.17, 15) is 4.79 Å². The lowest BCUT2D eigenvalue weighted by Crippen LogP contribution is -2.45. The zero-order valence-electron chi connectivity index (χ0n) is 18.0. The van der Waals surface area contributed by atoms with Crippen LogP contribution in [0.1, 0.15) is 66.2 Å². The molecule has 2 aliphatic rings. The van der Waals surface area contributed by atoms with Crippen LogP contribution in [0.2, 0.25) is 0 Å². The molecule has 156 valence electrons. The van der Waals surface area contributed by atoms with Crippen molar-refractivity contribution in [2.75, 3.05) is 39.3 Å². The first-order valence-electron chi connectivity index (χ1n) is 11.1. The van der Waals surface area contributed by atoms with Crippen molar-refractivity contribution in [3.8, 4) is 0 Å². The van der Waals surface area contributed by atoms with Crippen LogP contribution in [0.25, 0.3) is 0 Å². The summed E-state index contributed by atoms with van der Waals surface area (Å²) in [6.07, 6.45) is 7.44. The van der Waals surface area contributed by atoms with Gasteiger partial charge >= 0.3 is 0 Å². The van der Waals surface area contributed by atoms with Crippen LogP contribution in [0.15, 0.2) is 4.99 Å². The molecule has 27 heavy (non-hydrogen) atoms. The van der Waals surface area contributed by atoms with E-state index in [4.69, 9.17) is 4.99 Å². The summed E-state index contributed by atoms with van der Waals surface area (Å²) in [5.41, 5.74) is 0. The fraction of sp³-hybridized carbons (Fsp3) is 0.905.